The molecule has 0 spiro atoms. The number of rotatable bonds is 7. The standard InChI is InChI=1S/C59H37N3OS/c1-3-11-41-33-46(25-19-38(41)9-1)61(45-23-21-40(22-24-45)59-60-55-14-6-8-16-58(55)64-59)48-27-30-51-43(35-48)17-18-44-36-49(28-31-52(44)51)62(47-26-20-39-10-2-4-12-42(39)34-47)50-29-32-57-54(37-50)53-13-5-7-15-56(53)63-57/h1-37H. The monoisotopic (exact) mass is 835 g/mol. The van der Waals surface area contributed by atoms with Gasteiger partial charge >= 0.3 is 0 Å². The number of hydrogen-bond acceptors (Lipinski definition) is 5. The van der Waals surface area contributed by atoms with Crippen LogP contribution in [0.25, 0.3) is 85.8 Å². The molecule has 0 aliphatic heterocycles. The zero-order chi connectivity index (χ0) is 42.1. The highest BCUT2D eigenvalue weighted by Gasteiger charge is 2.19. The van der Waals surface area contributed by atoms with Gasteiger partial charge in [0.1, 0.15) is 16.2 Å². The Bertz CT molecular complexity index is 3910. The molecule has 13 rings (SSSR count). The summed E-state index contributed by atoms with van der Waals surface area (Å²) in [6.45, 7) is 0. The van der Waals surface area contributed by atoms with Gasteiger partial charge in [-0.2, -0.15) is 0 Å². The van der Waals surface area contributed by atoms with E-state index in [9.17, 15) is 0 Å². The van der Waals surface area contributed by atoms with Crippen LogP contribution in [0.5, 0.6) is 0 Å². The summed E-state index contributed by atoms with van der Waals surface area (Å²) in [5.41, 5.74) is 10.5. The second kappa shape index (κ2) is 14.7. The Labute approximate surface area is 373 Å². The molecule has 0 aliphatic rings. The highest BCUT2D eigenvalue weighted by atomic mass is 32.1. The Hall–Kier alpha value is -8.25. The summed E-state index contributed by atoms with van der Waals surface area (Å²) >= 11 is 1.73. The molecule has 0 radical (unpaired) electrons. The van der Waals surface area contributed by atoms with Crippen molar-refractivity contribution < 1.29 is 4.42 Å². The second-order valence-electron chi connectivity index (χ2n) is 16.4. The van der Waals surface area contributed by atoms with Crippen molar-refractivity contribution in [3.8, 4) is 10.6 Å². The molecule has 0 amide bonds. The minimum Gasteiger partial charge on any atom is -0.456 e. The molecule has 4 nitrogen and oxygen atoms in total. The lowest BCUT2D eigenvalue weighted by Gasteiger charge is -2.27. The van der Waals surface area contributed by atoms with E-state index in [2.05, 4.69) is 216 Å². The van der Waals surface area contributed by atoms with E-state index in [0.29, 0.717) is 0 Å². The van der Waals surface area contributed by atoms with Crippen molar-refractivity contribution in [2.24, 2.45) is 0 Å². The minimum absolute atomic E-state index is 0.883. The van der Waals surface area contributed by atoms with Gasteiger partial charge in [0.15, 0.2) is 0 Å². The van der Waals surface area contributed by atoms with Crippen molar-refractivity contribution in [3.63, 3.8) is 0 Å². The first-order chi connectivity index (χ1) is 31.7. The predicted molar refractivity (Wildman–Crippen MR) is 272 cm³/mol. The number of anilines is 6. The topological polar surface area (TPSA) is 32.5 Å². The van der Waals surface area contributed by atoms with Crippen molar-refractivity contribution in [1.29, 1.82) is 0 Å². The summed E-state index contributed by atoms with van der Waals surface area (Å²) in [5, 5.41) is 12.8. The van der Waals surface area contributed by atoms with Crippen LogP contribution in [0, 0.1) is 0 Å². The lowest BCUT2D eigenvalue weighted by atomic mass is 9.99. The Morgan fingerprint density at radius 2 is 0.797 bits per heavy atom. The molecular weight excluding hydrogens is 799 g/mol. The van der Waals surface area contributed by atoms with Gasteiger partial charge in [0, 0.05) is 50.5 Å². The number of thiazole rings is 1. The third-order valence-electron chi connectivity index (χ3n) is 12.6. The molecule has 2 aromatic heterocycles. The first-order valence-corrected chi connectivity index (χ1v) is 22.4. The molecule has 0 aliphatic carbocycles. The number of furan rings is 1. The summed E-state index contributed by atoms with van der Waals surface area (Å²) < 4.78 is 7.45. The van der Waals surface area contributed by atoms with Crippen LogP contribution in [0.3, 0.4) is 0 Å². The molecule has 5 heteroatoms. The first kappa shape index (κ1) is 36.4. The molecule has 0 atom stereocenters. The maximum Gasteiger partial charge on any atom is 0.135 e. The van der Waals surface area contributed by atoms with Crippen LogP contribution in [0.1, 0.15) is 0 Å². The van der Waals surface area contributed by atoms with Crippen molar-refractivity contribution in [1.82, 2.24) is 4.98 Å². The van der Waals surface area contributed by atoms with Gasteiger partial charge in [0.2, 0.25) is 0 Å². The first-order valence-electron chi connectivity index (χ1n) is 21.6. The molecule has 11 aromatic carbocycles. The van der Waals surface area contributed by atoms with Crippen LogP contribution in [-0.2, 0) is 0 Å². The fraction of sp³-hybridized carbons (Fsp3) is 0. The van der Waals surface area contributed by atoms with E-state index in [1.807, 2.05) is 18.2 Å². The molecule has 0 saturated heterocycles. The van der Waals surface area contributed by atoms with E-state index in [-0.39, 0.29) is 0 Å². The normalized spacial score (nSPS) is 11.8. The van der Waals surface area contributed by atoms with Crippen molar-refractivity contribution in [2.45, 2.75) is 0 Å². The molecule has 0 saturated carbocycles. The quantitative estimate of drug-likeness (QED) is 0.150. The fourth-order valence-electron chi connectivity index (χ4n) is 9.45. The van der Waals surface area contributed by atoms with E-state index in [1.165, 1.54) is 47.8 Å². The lowest BCUT2D eigenvalue weighted by molar-refractivity contribution is 0.669. The highest BCUT2D eigenvalue weighted by Crippen LogP contribution is 2.43. The number of para-hydroxylation sites is 2. The summed E-state index contributed by atoms with van der Waals surface area (Å²) in [5.74, 6) is 0. The summed E-state index contributed by atoms with van der Waals surface area (Å²) in [6.07, 6.45) is 0. The van der Waals surface area contributed by atoms with E-state index >= 15 is 0 Å². The van der Waals surface area contributed by atoms with Crippen LogP contribution in [-0.4, -0.2) is 4.98 Å². The van der Waals surface area contributed by atoms with Gasteiger partial charge in [-0.25, -0.2) is 4.98 Å². The molecule has 64 heavy (non-hydrogen) atoms. The lowest BCUT2D eigenvalue weighted by Crippen LogP contribution is -2.10. The average Bonchev–Trinajstić information content (AvgIpc) is 3.96. The molecule has 0 fully saturated rings. The number of nitrogens with zero attached hydrogens (tertiary/aromatic N) is 3. The molecule has 13 aromatic rings. The smallest absolute Gasteiger partial charge is 0.135 e. The van der Waals surface area contributed by atoms with E-state index < -0.39 is 0 Å². The average molecular weight is 836 g/mol. The number of hydrogen-bond donors (Lipinski definition) is 0. The van der Waals surface area contributed by atoms with Crippen molar-refractivity contribution in [3.05, 3.63) is 224 Å². The van der Waals surface area contributed by atoms with E-state index in [1.54, 1.807) is 11.3 Å². The zero-order valence-corrected chi connectivity index (χ0v) is 35.3. The van der Waals surface area contributed by atoms with Gasteiger partial charge in [0.05, 0.1) is 10.2 Å². The van der Waals surface area contributed by atoms with Gasteiger partial charge in [-0.15, -0.1) is 11.3 Å². The van der Waals surface area contributed by atoms with Gasteiger partial charge < -0.3 is 14.2 Å². The number of fused-ring (bicyclic) bond motifs is 9. The molecule has 0 N–H and O–H groups in total. The third-order valence-corrected chi connectivity index (χ3v) is 13.7. The molecule has 0 unspecified atom stereocenters. The largest absolute Gasteiger partial charge is 0.456 e. The summed E-state index contributed by atoms with van der Waals surface area (Å²) in [6, 6.07) is 80.8. The summed E-state index contributed by atoms with van der Waals surface area (Å²) in [7, 11) is 0. The third kappa shape index (κ3) is 6.17. The van der Waals surface area contributed by atoms with Gasteiger partial charge in [-0.05, 0) is 152 Å². The Balaban J connectivity index is 0.917. The Kier molecular flexibility index (Phi) is 8.36. The Morgan fingerprint density at radius 3 is 1.45 bits per heavy atom. The highest BCUT2D eigenvalue weighted by molar-refractivity contribution is 7.21. The molecule has 300 valence electrons. The molecular formula is C59H37N3OS. The van der Waals surface area contributed by atoms with Crippen LogP contribution in [0.15, 0.2) is 229 Å². The van der Waals surface area contributed by atoms with Crippen molar-refractivity contribution in [2.75, 3.05) is 9.80 Å². The molecule has 2 heterocycles. The number of aromatic nitrogens is 1. The predicted octanol–water partition coefficient (Wildman–Crippen LogP) is 17.4. The van der Waals surface area contributed by atoms with Crippen LogP contribution in [0.2, 0.25) is 0 Å². The number of benzene rings is 11. The van der Waals surface area contributed by atoms with Crippen molar-refractivity contribution >= 4 is 121 Å². The van der Waals surface area contributed by atoms with E-state index in [0.717, 1.165) is 72.2 Å². The van der Waals surface area contributed by atoms with Gasteiger partial charge in [-0.3, -0.25) is 0 Å². The Morgan fingerprint density at radius 1 is 0.328 bits per heavy atom. The second-order valence-corrected chi connectivity index (χ2v) is 17.5. The van der Waals surface area contributed by atoms with Crippen LogP contribution in [0.4, 0.5) is 34.1 Å². The summed E-state index contributed by atoms with van der Waals surface area (Å²) in [4.78, 5) is 9.67. The van der Waals surface area contributed by atoms with Crippen LogP contribution < -0.4 is 9.80 Å². The zero-order valence-electron chi connectivity index (χ0n) is 34.5. The maximum absolute atomic E-state index is 6.25. The van der Waals surface area contributed by atoms with Crippen LogP contribution >= 0.6 is 11.3 Å². The fourth-order valence-corrected chi connectivity index (χ4v) is 10.4. The van der Waals surface area contributed by atoms with E-state index in [4.69, 9.17) is 9.40 Å². The molecule has 0 bridgehead atoms. The van der Waals surface area contributed by atoms with Gasteiger partial charge in [0.25, 0.3) is 0 Å². The minimum atomic E-state index is 0.883. The SMILES string of the molecule is c1ccc2cc(N(c3ccc(-c4nc5ccccc5s4)cc3)c3ccc4c(ccc5cc(N(c6ccc7ccccc7c6)c6ccc7oc8ccccc8c7c6)ccc54)c3)ccc2c1. The maximum atomic E-state index is 6.25. The van der Waals surface area contributed by atoms with Gasteiger partial charge in [-0.1, -0.05) is 115 Å².